The standard InChI is InChI=1S/C9H17N3O3S/c1-16(14,15)12-5-4-11-9(13)7-2-3-8(10)6-7/h2-3,7-8,12H,4-6,10H2,1H3,(H,11,13). The first-order chi connectivity index (χ1) is 7.38. The van der Waals surface area contributed by atoms with Gasteiger partial charge in [0.15, 0.2) is 0 Å². The molecule has 0 aromatic heterocycles. The van der Waals surface area contributed by atoms with E-state index in [2.05, 4.69) is 10.0 Å². The fraction of sp³-hybridized carbons (Fsp3) is 0.667. The lowest BCUT2D eigenvalue weighted by molar-refractivity contribution is -0.123. The molecule has 0 bridgehead atoms. The Bertz CT molecular complexity index is 377. The molecule has 0 radical (unpaired) electrons. The van der Waals surface area contributed by atoms with Crippen molar-refractivity contribution in [2.45, 2.75) is 12.5 Å². The maximum Gasteiger partial charge on any atom is 0.227 e. The van der Waals surface area contributed by atoms with Crippen molar-refractivity contribution in [1.29, 1.82) is 0 Å². The molecule has 0 spiro atoms. The zero-order valence-electron chi connectivity index (χ0n) is 9.14. The van der Waals surface area contributed by atoms with Crippen LogP contribution in [0.25, 0.3) is 0 Å². The van der Waals surface area contributed by atoms with Gasteiger partial charge in [0.25, 0.3) is 0 Å². The first-order valence-corrected chi connectivity index (χ1v) is 6.94. The third-order valence-electron chi connectivity index (χ3n) is 2.24. The van der Waals surface area contributed by atoms with Crippen molar-refractivity contribution in [1.82, 2.24) is 10.0 Å². The maximum absolute atomic E-state index is 11.5. The molecule has 2 atom stereocenters. The summed E-state index contributed by atoms with van der Waals surface area (Å²) < 4.78 is 23.7. The Labute approximate surface area is 95.3 Å². The van der Waals surface area contributed by atoms with Crippen LogP contribution in [0.2, 0.25) is 0 Å². The van der Waals surface area contributed by atoms with E-state index in [1.807, 2.05) is 0 Å². The number of sulfonamides is 1. The van der Waals surface area contributed by atoms with E-state index in [9.17, 15) is 13.2 Å². The van der Waals surface area contributed by atoms with E-state index in [0.717, 1.165) is 6.26 Å². The molecule has 16 heavy (non-hydrogen) atoms. The number of rotatable bonds is 5. The third kappa shape index (κ3) is 4.73. The summed E-state index contributed by atoms with van der Waals surface area (Å²) in [5.74, 6) is -0.298. The molecule has 0 aliphatic heterocycles. The maximum atomic E-state index is 11.5. The zero-order chi connectivity index (χ0) is 12.2. The number of hydrogen-bond donors (Lipinski definition) is 3. The first kappa shape index (κ1) is 13.1. The summed E-state index contributed by atoms with van der Waals surface area (Å²) in [6.45, 7) is 0.485. The van der Waals surface area contributed by atoms with Gasteiger partial charge in [0.05, 0.1) is 12.2 Å². The van der Waals surface area contributed by atoms with Crippen LogP contribution in [0.3, 0.4) is 0 Å². The Kier molecular flexibility index (Phi) is 4.45. The molecule has 1 aliphatic carbocycles. The smallest absolute Gasteiger partial charge is 0.227 e. The average Bonchev–Trinajstić information content (AvgIpc) is 2.57. The zero-order valence-corrected chi connectivity index (χ0v) is 9.96. The van der Waals surface area contributed by atoms with Gasteiger partial charge >= 0.3 is 0 Å². The van der Waals surface area contributed by atoms with E-state index in [4.69, 9.17) is 5.73 Å². The van der Waals surface area contributed by atoms with Gasteiger partial charge in [0, 0.05) is 19.1 Å². The predicted molar refractivity (Wildman–Crippen MR) is 61.1 cm³/mol. The normalized spacial score (nSPS) is 24.6. The lowest BCUT2D eigenvalue weighted by atomic mass is 10.1. The molecule has 0 fully saturated rings. The van der Waals surface area contributed by atoms with Gasteiger partial charge in [-0.05, 0) is 6.42 Å². The Hall–Kier alpha value is -0.920. The van der Waals surface area contributed by atoms with Crippen LogP contribution in [0.1, 0.15) is 6.42 Å². The van der Waals surface area contributed by atoms with Gasteiger partial charge in [0.1, 0.15) is 0 Å². The van der Waals surface area contributed by atoms with E-state index >= 15 is 0 Å². The molecule has 0 aromatic rings. The van der Waals surface area contributed by atoms with Gasteiger partial charge in [0.2, 0.25) is 15.9 Å². The molecule has 6 nitrogen and oxygen atoms in total. The number of amides is 1. The summed E-state index contributed by atoms with van der Waals surface area (Å²) in [6, 6.07) is -0.0510. The second-order valence-corrected chi connectivity index (χ2v) is 5.68. The largest absolute Gasteiger partial charge is 0.354 e. The molecule has 92 valence electrons. The molecule has 1 rings (SSSR count). The van der Waals surface area contributed by atoms with Gasteiger partial charge < -0.3 is 11.1 Å². The molecule has 1 aliphatic rings. The highest BCUT2D eigenvalue weighted by Gasteiger charge is 2.21. The highest BCUT2D eigenvalue weighted by atomic mass is 32.2. The molecule has 4 N–H and O–H groups in total. The molecular formula is C9H17N3O3S. The third-order valence-corrected chi connectivity index (χ3v) is 2.97. The lowest BCUT2D eigenvalue weighted by Gasteiger charge is -2.10. The number of hydrogen-bond acceptors (Lipinski definition) is 4. The summed E-state index contributed by atoms with van der Waals surface area (Å²) in [5.41, 5.74) is 5.62. The van der Waals surface area contributed by atoms with Crippen LogP contribution in [0.15, 0.2) is 12.2 Å². The van der Waals surface area contributed by atoms with Gasteiger partial charge in [-0.25, -0.2) is 13.1 Å². The summed E-state index contributed by atoms with van der Waals surface area (Å²) in [7, 11) is -3.19. The van der Waals surface area contributed by atoms with Gasteiger partial charge in [-0.2, -0.15) is 0 Å². The topological polar surface area (TPSA) is 101 Å². The Balaban J connectivity index is 2.19. The van der Waals surface area contributed by atoms with Crippen molar-refractivity contribution in [3.05, 3.63) is 12.2 Å². The summed E-state index contributed by atoms with van der Waals surface area (Å²) in [5, 5.41) is 2.65. The minimum atomic E-state index is -3.19. The highest BCUT2D eigenvalue weighted by molar-refractivity contribution is 7.88. The van der Waals surface area contributed by atoms with E-state index in [1.54, 1.807) is 12.2 Å². The fourth-order valence-corrected chi connectivity index (χ4v) is 1.95. The lowest BCUT2D eigenvalue weighted by Crippen LogP contribution is -2.37. The molecule has 0 saturated carbocycles. The van der Waals surface area contributed by atoms with Crippen molar-refractivity contribution in [3.8, 4) is 0 Å². The SMILES string of the molecule is CS(=O)(=O)NCCNC(=O)C1C=CC(N)C1. The molecular weight excluding hydrogens is 230 g/mol. The van der Waals surface area contributed by atoms with Gasteiger partial charge in [-0.3, -0.25) is 4.79 Å². The van der Waals surface area contributed by atoms with E-state index in [-0.39, 0.29) is 31.0 Å². The number of carbonyl (C=O) groups excluding carboxylic acids is 1. The highest BCUT2D eigenvalue weighted by Crippen LogP contribution is 2.15. The minimum absolute atomic E-state index is 0.0510. The molecule has 0 aromatic carbocycles. The van der Waals surface area contributed by atoms with Crippen LogP contribution in [0.5, 0.6) is 0 Å². The molecule has 2 unspecified atom stereocenters. The summed E-state index contributed by atoms with van der Waals surface area (Å²) in [4.78, 5) is 11.5. The van der Waals surface area contributed by atoms with Gasteiger partial charge in [-0.15, -0.1) is 0 Å². The Morgan fingerprint density at radius 3 is 2.62 bits per heavy atom. The van der Waals surface area contributed by atoms with E-state index in [1.165, 1.54) is 0 Å². The van der Waals surface area contributed by atoms with Crippen molar-refractivity contribution in [2.24, 2.45) is 11.7 Å². The first-order valence-electron chi connectivity index (χ1n) is 5.05. The van der Waals surface area contributed by atoms with Crippen LogP contribution in [-0.4, -0.2) is 39.7 Å². The predicted octanol–water partition coefficient (Wildman–Crippen LogP) is -1.44. The molecule has 0 heterocycles. The number of nitrogens with two attached hydrogens (primary N) is 1. The number of nitrogens with one attached hydrogen (secondary N) is 2. The van der Waals surface area contributed by atoms with E-state index < -0.39 is 10.0 Å². The van der Waals surface area contributed by atoms with Crippen LogP contribution in [-0.2, 0) is 14.8 Å². The Morgan fingerprint density at radius 2 is 2.12 bits per heavy atom. The van der Waals surface area contributed by atoms with Crippen molar-refractivity contribution in [3.63, 3.8) is 0 Å². The van der Waals surface area contributed by atoms with Crippen molar-refractivity contribution < 1.29 is 13.2 Å². The minimum Gasteiger partial charge on any atom is -0.354 e. The second kappa shape index (κ2) is 5.42. The number of carbonyl (C=O) groups is 1. The van der Waals surface area contributed by atoms with E-state index in [0.29, 0.717) is 6.42 Å². The van der Waals surface area contributed by atoms with Crippen molar-refractivity contribution >= 4 is 15.9 Å². The fourth-order valence-electron chi connectivity index (χ4n) is 1.47. The quantitative estimate of drug-likeness (QED) is 0.409. The van der Waals surface area contributed by atoms with Crippen LogP contribution >= 0.6 is 0 Å². The van der Waals surface area contributed by atoms with Crippen LogP contribution in [0, 0.1) is 5.92 Å². The van der Waals surface area contributed by atoms with Gasteiger partial charge in [-0.1, -0.05) is 12.2 Å². The average molecular weight is 247 g/mol. The van der Waals surface area contributed by atoms with Crippen molar-refractivity contribution in [2.75, 3.05) is 19.3 Å². The van der Waals surface area contributed by atoms with Crippen LogP contribution in [0.4, 0.5) is 0 Å². The molecule has 1 amide bonds. The van der Waals surface area contributed by atoms with Crippen LogP contribution < -0.4 is 15.8 Å². The summed E-state index contributed by atoms with van der Waals surface area (Å²) >= 11 is 0. The monoisotopic (exact) mass is 247 g/mol. The Morgan fingerprint density at radius 1 is 1.44 bits per heavy atom. The molecule has 0 saturated heterocycles. The summed E-state index contributed by atoms with van der Waals surface area (Å²) in [6.07, 6.45) is 5.28. The second-order valence-electron chi connectivity index (χ2n) is 3.85. The molecule has 7 heteroatoms.